The Morgan fingerprint density at radius 2 is 1.89 bits per heavy atom. The Bertz CT molecular complexity index is 531. The van der Waals surface area contributed by atoms with Gasteiger partial charge in [-0.2, -0.15) is 0 Å². The van der Waals surface area contributed by atoms with Gasteiger partial charge in [0.05, 0.1) is 0 Å². The molecule has 1 aromatic carbocycles. The summed E-state index contributed by atoms with van der Waals surface area (Å²) < 4.78 is 1.19. The van der Waals surface area contributed by atoms with E-state index in [-0.39, 0.29) is 5.41 Å². The Morgan fingerprint density at radius 1 is 1.21 bits per heavy atom. The van der Waals surface area contributed by atoms with E-state index in [0.29, 0.717) is 0 Å². The first-order valence-corrected chi connectivity index (χ1v) is 7.95. The van der Waals surface area contributed by atoms with Crippen molar-refractivity contribution in [2.45, 2.75) is 25.8 Å². The first-order valence-electron chi connectivity index (χ1n) is 6.28. The van der Waals surface area contributed by atoms with E-state index in [9.17, 15) is 0 Å². The molecule has 3 N–H and O–H groups in total. The lowest BCUT2D eigenvalue weighted by atomic mass is 9.84. The van der Waals surface area contributed by atoms with Gasteiger partial charge < -0.3 is 11.1 Å². The van der Waals surface area contributed by atoms with Gasteiger partial charge in [-0.1, -0.05) is 26.0 Å². The molecule has 0 aliphatic heterocycles. The molecule has 0 bridgehead atoms. The molecule has 0 unspecified atom stereocenters. The molecule has 0 amide bonds. The third-order valence-electron chi connectivity index (χ3n) is 3.24. The van der Waals surface area contributed by atoms with Crippen LogP contribution in [0.15, 0.2) is 40.2 Å². The molecule has 0 saturated carbocycles. The van der Waals surface area contributed by atoms with Crippen molar-refractivity contribution in [2.75, 3.05) is 12.3 Å². The van der Waals surface area contributed by atoms with E-state index in [4.69, 9.17) is 5.73 Å². The van der Waals surface area contributed by atoms with Crippen molar-refractivity contribution in [3.8, 4) is 0 Å². The van der Waals surface area contributed by atoms with E-state index in [2.05, 4.69) is 58.7 Å². The maximum atomic E-state index is 5.73. The third kappa shape index (κ3) is 3.81. The molecule has 0 atom stereocenters. The van der Waals surface area contributed by atoms with E-state index < -0.39 is 0 Å². The zero-order valence-corrected chi connectivity index (χ0v) is 13.6. The summed E-state index contributed by atoms with van der Waals surface area (Å²) >= 11 is 5.33. The van der Waals surface area contributed by atoms with E-state index in [1.165, 1.54) is 14.9 Å². The zero-order valence-electron chi connectivity index (χ0n) is 11.2. The van der Waals surface area contributed by atoms with Crippen LogP contribution in [0.1, 0.15) is 24.3 Å². The number of thiophene rings is 1. The van der Waals surface area contributed by atoms with Crippen LogP contribution in [0, 0.1) is 0 Å². The second-order valence-corrected chi connectivity index (χ2v) is 7.16. The Kier molecular flexibility index (Phi) is 4.66. The molecule has 2 rings (SSSR count). The minimum Gasteiger partial charge on any atom is -0.399 e. The van der Waals surface area contributed by atoms with Gasteiger partial charge in [-0.05, 0) is 45.1 Å². The fraction of sp³-hybridized carbons (Fsp3) is 0.333. The number of anilines is 1. The van der Waals surface area contributed by atoms with Gasteiger partial charge in [0, 0.05) is 33.5 Å². The lowest BCUT2D eigenvalue weighted by molar-refractivity contribution is 0.470. The van der Waals surface area contributed by atoms with Gasteiger partial charge in [-0.3, -0.25) is 0 Å². The summed E-state index contributed by atoms with van der Waals surface area (Å²) in [6, 6.07) is 10.2. The Balaban J connectivity index is 1.94. The van der Waals surface area contributed by atoms with Gasteiger partial charge in [0.1, 0.15) is 0 Å². The Hall–Kier alpha value is -0.840. The van der Waals surface area contributed by atoms with E-state index in [0.717, 1.165) is 18.8 Å². The summed E-state index contributed by atoms with van der Waals surface area (Å²) in [5, 5.41) is 5.63. The van der Waals surface area contributed by atoms with Crippen molar-refractivity contribution in [1.82, 2.24) is 5.32 Å². The highest BCUT2D eigenvalue weighted by Crippen LogP contribution is 2.25. The van der Waals surface area contributed by atoms with Crippen molar-refractivity contribution in [2.24, 2.45) is 0 Å². The largest absolute Gasteiger partial charge is 0.399 e. The van der Waals surface area contributed by atoms with Gasteiger partial charge in [0.2, 0.25) is 0 Å². The molecule has 1 aromatic heterocycles. The van der Waals surface area contributed by atoms with Gasteiger partial charge in [-0.15, -0.1) is 11.3 Å². The fourth-order valence-electron chi connectivity index (χ4n) is 1.98. The molecule has 0 saturated heterocycles. The summed E-state index contributed by atoms with van der Waals surface area (Å²) in [6.45, 7) is 6.32. The zero-order chi connectivity index (χ0) is 13.9. The van der Waals surface area contributed by atoms with Gasteiger partial charge in [0.25, 0.3) is 0 Å². The molecule has 0 spiro atoms. The molecule has 0 aliphatic rings. The molecule has 2 aromatic rings. The van der Waals surface area contributed by atoms with Crippen LogP contribution in [-0.4, -0.2) is 6.54 Å². The minimum atomic E-state index is 0.0947. The van der Waals surface area contributed by atoms with Crippen molar-refractivity contribution in [1.29, 1.82) is 0 Å². The lowest BCUT2D eigenvalue weighted by Gasteiger charge is -2.26. The molecule has 0 radical (unpaired) electrons. The third-order valence-corrected chi connectivity index (χ3v) is 5.16. The molecule has 0 aliphatic carbocycles. The fourth-order valence-corrected chi connectivity index (χ4v) is 3.44. The summed E-state index contributed by atoms with van der Waals surface area (Å²) in [7, 11) is 0. The van der Waals surface area contributed by atoms with Gasteiger partial charge in [0.15, 0.2) is 0 Å². The highest BCUT2D eigenvalue weighted by atomic mass is 79.9. The predicted octanol–water partition coefficient (Wildman–Crippen LogP) is 4.16. The number of nitrogen functional groups attached to an aromatic ring is 1. The quantitative estimate of drug-likeness (QED) is 0.803. The van der Waals surface area contributed by atoms with Gasteiger partial charge in [-0.25, -0.2) is 0 Å². The number of hydrogen-bond acceptors (Lipinski definition) is 3. The maximum Gasteiger partial charge on any atom is 0.0327 e. The number of halogens is 1. The van der Waals surface area contributed by atoms with Crippen molar-refractivity contribution in [3.05, 3.63) is 50.6 Å². The topological polar surface area (TPSA) is 38.0 Å². The molecular weight excluding hydrogens is 320 g/mol. The van der Waals surface area contributed by atoms with Gasteiger partial charge >= 0.3 is 0 Å². The van der Waals surface area contributed by atoms with E-state index in [1.54, 1.807) is 11.3 Å². The summed E-state index contributed by atoms with van der Waals surface area (Å²) in [5.74, 6) is 0. The summed E-state index contributed by atoms with van der Waals surface area (Å²) in [6.07, 6.45) is 0. The van der Waals surface area contributed by atoms with E-state index >= 15 is 0 Å². The second-order valence-electron chi connectivity index (χ2n) is 5.30. The van der Waals surface area contributed by atoms with Crippen molar-refractivity contribution >= 4 is 33.0 Å². The number of rotatable bonds is 5. The van der Waals surface area contributed by atoms with Crippen LogP contribution < -0.4 is 11.1 Å². The average molecular weight is 339 g/mol. The maximum absolute atomic E-state index is 5.73. The predicted molar refractivity (Wildman–Crippen MR) is 87.6 cm³/mol. The lowest BCUT2D eigenvalue weighted by Crippen LogP contribution is -2.32. The van der Waals surface area contributed by atoms with E-state index in [1.807, 2.05) is 12.1 Å². The Morgan fingerprint density at radius 3 is 2.47 bits per heavy atom. The van der Waals surface area contributed by atoms with Crippen LogP contribution in [0.5, 0.6) is 0 Å². The van der Waals surface area contributed by atoms with Crippen molar-refractivity contribution < 1.29 is 0 Å². The van der Waals surface area contributed by atoms with Crippen LogP contribution in [0.2, 0.25) is 0 Å². The van der Waals surface area contributed by atoms with Crippen LogP contribution in [0.25, 0.3) is 0 Å². The number of nitrogens with two attached hydrogens (primary N) is 1. The standard InChI is InChI=1S/C15H19BrN2S/c1-15(2,11-3-5-12(17)6-4-11)10-18-9-14-13(16)7-8-19-14/h3-8,18H,9-10,17H2,1-2H3. The monoisotopic (exact) mass is 338 g/mol. The summed E-state index contributed by atoms with van der Waals surface area (Å²) in [5.41, 5.74) is 7.95. The molecule has 19 heavy (non-hydrogen) atoms. The van der Waals surface area contributed by atoms with Crippen LogP contribution in [-0.2, 0) is 12.0 Å². The average Bonchev–Trinajstić information content (AvgIpc) is 2.75. The van der Waals surface area contributed by atoms with Crippen LogP contribution >= 0.6 is 27.3 Å². The SMILES string of the molecule is CC(C)(CNCc1sccc1Br)c1ccc(N)cc1. The van der Waals surface area contributed by atoms with Crippen molar-refractivity contribution in [3.63, 3.8) is 0 Å². The molecule has 2 nitrogen and oxygen atoms in total. The second kappa shape index (κ2) is 6.07. The first-order chi connectivity index (χ1) is 8.99. The molecular formula is C15H19BrN2S. The highest BCUT2D eigenvalue weighted by Gasteiger charge is 2.20. The molecule has 4 heteroatoms. The smallest absolute Gasteiger partial charge is 0.0327 e. The number of benzene rings is 1. The first kappa shape index (κ1) is 14.6. The number of hydrogen-bond donors (Lipinski definition) is 2. The highest BCUT2D eigenvalue weighted by molar-refractivity contribution is 9.10. The molecule has 0 fully saturated rings. The normalized spacial score (nSPS) is 11.7. The molecule has 1 heterocycles. The minimum absolute atomic E-state index is 0.0947. The van der Waals surface area contributed by atoms with Crippen LogP contribution in [0.3, 0.4) is 0 Å². The summed E-state index contributed by atoms with van der Waals surface area (Å²) in [4.78, 5) is 1.34. The Labute approximate surface area is 127 Å². The molecule has 102 valence electrons. The van der Waals surface area contributed by atoms with Crippen LogP contribution in [0.4, 0.5) is 5.69 Å². The number of nitrogens with one attached hydrogen (secondary N) is 1.